The number of aliphatic carboxylic acids is 1. The number of carboxylic acid groups (broad SMARTS) is 1. The summed E-state index contributed by atoms with van der Waals surface area (Å²) in [4.78, 5) is 14.8. The number of nitrogens with zero attached hydrogens (tertiary/aromatic N) is 2. The van der Waals surface area contributed by atoms with Crippen LogP contribution in [-0.4, -0.2) is 20.5 Å². The van der Waals surface area contributed by atoms with Gasteiger partial charge >= 0.3 is 5.97 Å². The predicted molar refractivity (Wildman–Crippen MR) is 54.8 cm³/mol. The summed E-state index contributed by atoms with van der Waals surface area (Å²) in [6.07, 6.45) is 1.45. The third-order valence-electron chi connectivity index (χ3n) is 2.10. The number of halogens is 1. The molecule has 1 unspecified atom stereocenters. The van der Waals surface area contributed by atoms with E-state index in [9.17, 15) is 4.79 Å². The zero-order valence-corrected chi connectivity index (χ0v) is 8.35. The van der Waals surface area contributed by atoms with Crippen LogP contribution in [0, 0.1) is 0 Å². The highest BCUT2D eigenvalue weighted by atomic mass is 35.5. The van der Waals surface area contributed by atoms with Gasteiger partial charge in [-0.3, -0.25) is 9.20 Å². The van der Waals surface area contributed by atoms with Crippen molar-refractivity contribution in [2.75, 3.05) is 0 Å². The molecule has 15 heavy (non-hydrogen) atoms. The normalized spacial score (nSPS) is 12.9. The summed E-state index contributed by atoms with van der Waals surface area (Å²) in [5.74, 6) is -1.10. The van der Waals surface area contributed by atoms with E-state index in [2.05, 4.69) is 4.98 Å². The fraction of sp³-hybridized carbons (Fsp3) is 0.111. The lowest BCUT2D eigenvalue weighted by atomic mass is 10.2. The van der Waals surface area contributed by atoms with Crippen molar-refractivity contribution in [2.45, 2.75) is 6.04 Å². The van der Waals surface area contributed by atoms with Gasteiger partial charge in [0.1, 0.15) is 16.8 Å². The molecule has 6 heteroatoms. The van der Waals surface area contributed by atoms with Crippen LogP contribution < -0.4 is 5.73 Å². The first-order chi connectivity index (χ1) is 7.11. The maximum absolute atomic E-state index is 10.8. The molecule has 2 aromatic rings. The molecular formula is C9H8ClN3O2. The summed E-state index contributed by atoms with van der Waals surface area (Å²) in [5.41, 5.74) is 6.51. The third kappa shape index (κ3) is 1.55. The number of hydrogen-bond donors (Lipinski definition) is 2. The molecule has 0 radical (unpaired) electrons. The van der Waals surface area contributed by atoms with Crippen molar-refractivity contribution >= 4 is 23.2 Å². The van der Waals surface area contributed by atoms with Crippen molar-refractivity contribution in [3.63, 3.8) is 0 Å². The monoisotopic (exact) mass is 225 g/mol. The van der Waals surface area contributed by atoms with Crippen LogP contribution in [0.5, 0.6) is 0 Å². The van der Waals surface area contributed by atoms with Gasteiger partial charge in [-0.1, -0.05) is 17.7 Å². The minimum atomic E-state index is -1.11. The van der Waals surface area contributed by atoms with Crippen LogP contribution in [0.15, 0.2) is 24.4 Å². The number of pyridine rings is 1. The maximum Gasteiger partial charge on any atom is 0.326 e. The van der Waals surface area contributed by atoms with Crippen LogP contribution in [0.1, 0.15) is 11.7 Å². The van der Waals surface area contributed by atoms with E-state index in [0.717, 1.165) is 0 Å². The highest BCUT2D eigenvalue weighted by molar-refractivity contribution is 6.29. The summed E-state index contributed by atoms with van der Waals surface area (Å²) < 4.78 is 1.51. The first-order valence-corrected chi connectivity index (χ1v) is 4.59. The molecule has 0 aromatic carbocycles. The molecule has 2 aromatic heterocycles. The number of nitrogens with two attached hydrogens (primary N) is 1. The average molecular weight is 226 g/mol. The van der Waals surface area contributed by atoms with Gasteiger partial charge in [0.25, 0.3) is 0 Å². The second kappa shape index (κ2) is 3.52. The van der Waals surface area contributed by atoms with Gasteiger partial charge in [0.05, 0.1) is 11.9 Å². The van der Waals surface area contributed by atoms with Gasteiger partial charge < -0.3 is 10.8 Å². The molecule has 78 valence electrons. The van der Waals surface area contributed by atoms with E-state index >= 15 is 0 Å². The minimum Gasteiger partial charge on any atom is -0.480 e. The van der Waals surface area contributed by atoms with Crippen LogP contribution in [0.2, 0.25) is 5.15 Å². The van der Waals surface area contributed by atoms with Gasteiger partial charge in [0.15, 0.2) is 0 Å². The van der Waals surface area contributed by atoms with Gasteiger partial charge in [-0.2, -0.15) is 0 Å². The minimum absolute atomic E-state index is 0.345. The molecule has 0 saturated carbocycles. The molecule has 0 aliphatic carbocycles. The molecule has 0 aliphatic rings. The number of hydrogen-bond acceptors (Lipinski definition) is 3. The largest absolute Gasteiger partial charge is 0.480 e. The summed E-state index contributed by atoms with van der Waals surface area (Å²) >= 11 is 5.88. The first kappa shape index (κ1) is 9.95. The molecule has 0 aliphatic heterocycles. The van der Waals surface area contributed by atoms with E-state index in [1.165, 1.54) is 10.6 Å². The molecular weight excluding hydrogens is 218 g/mol. The van der Waals surface area contributed by atoms with E-state index in [1.54, 1.807) is 18.2 Å². The molecule has 1 atom stereocenters. The van der Waals surface area contributed by atoms with Crippen LogP contribution in [0.25, 0.3) is 5.65 Å². The van der Waals surface area contributed by atoms with E-state index in [4.69, 9.17) is 22.4 Å². The number of imidazole rings is 1. The molecule has 5 nitrogen and oxygen atoms in total. The van der Waals surface area contributed by atoms with Gasteiger partial charge in [-0.15, -0.1) is 0 Å². The average Bonchev–Trinajstić information content (AvgIpc) is 2.59. The quantitative estimate of drug-likeness (QED) is 0.801. The number of rotatable bonds is 2. The Morgan fingerprint density at radius 1 is 1.60 bits per heavy atom. The Kier molecular flexibility index (Phi) is 2.34. The van der Waals surface area contributed by atoms with Gasteiger partial charge in [0, 0.05) is 0 Å². The van der Waals surface area contributed by atoms with E-state index in [1.807, 2.05) is 0 Å². The molecule has 0 fully saturated rings. The van der Waals surface area contributed by atoms with Crippen molar-refractivity contribution in [1.82, 2.24) is 9.38 Å². The summed E-state index contributed by atoms with van der Waals surface area (Å²) in [7, 11) is 0. The molecule has 0 bridgehead atoms. The Morgan fingerprint density at radius 3 is 3.00 bits per heavy atom. The lowest BCUT2D eigenvalue weighted by molar-refractivity contribution is -0.138. The summed E-state index contributed by atoms with van der Waals surface area (Å²) in [5, 5.41) is 9.17. The molecule has 0 spiro atoms. The first-order valence-electron chi connectivity index (χ1n) is 4.21. The molecule has 3 N–H and O–H groups in total. The third-order valence-corrected chi connectivity index (χ3v) is 2.37. The van der Waals surface area contributed by atoms with Crippen molar-refractivity contribution in [1.29, 1.82) is 0 Å². The van der Waals surface area contributed by atoms with Gasteiger partial charge in [-0.25, -0.2) is 4.98 Å². The van der Waals surface area contributed by atoms with Gasteiger partial charge in [0.2, 0.25) is 0 Å². The number of carboxylic acids is 1. The van der Waals surface area contributed by atoms with Crippen molar-refractivity contribution < 1.29 is 9.90 Å². The molecule has 2 heterocycles. The second-order valence-corrected chi connectivity index (χ2v) is 3.43. The fourth-order valence-electron chi connectivity index (χ4n) is 1.39. The number of carbonyl (C=O) groups is 1. The Bertz CT molecular complexity index is 523. The fourth-order valence-corrected chi connectivity index (χ4v) is 1.63. The molecule has 0 amide bonds. The Labute approximate surface area is 90.1 Å². The van der Waals surface area contributed by atoms with Crippen LogP contribution in [0.3, 0.4) is 0 Å². The van der Waals surface area contributed by atoms with Crippen molar-refractivity contribution in [2.24, 2.45) is 5.73 Å². The second-order valence-electron chi connectivity index (χ2n) is 3.04. The lowest BCUT2D eigenvalue weighted by Crippen LogP contribution is -2.23. The predicted octanol–water partition coefficient (Wildman–Crippen LogP) is 1.07. The summed E-state index contributed by atoms with van der Waals surface area (Å²) in [6.45, 7) is 0. The van der Waals surface area contributed by atoms with E-state index in [0.29, 0.717) is 16.5 Å². The Morgan fingerprint density at radius 2 is 2.33 bits per heavy atom. The van der Waals surface area contributed by atoms with Crippen molar-refractivity contribution in [3.8, 4) is 0 Å². The lowest BCUT2D eigenvalue weighted by Gasteiger charge is -2.09. The zero-order chi connectivity index (χ0) is 11.0. The van der Waals surface area contributed by atoms with E-state index in [-0.39, 0.29) is 0 Å². The summed E-state index contributed by atoms with van der Waals surface area (Å²) in [6, 6.07) is 3.92. The zero-order valence-electron chi connectivity index (χ0n) is 7.59. The van der Waals surface area contributed by atoms with Crippen LogP contribution in [0.4, 0.5) is 0 Å². The van der Waals surface area contributed by atoms with E-state index < -0.39 is 12.0 Å². The Balaban J connectivity index is 2.69. The van der Waals surface area contributed by atoms with Gasteiger partial charge in [-0.05, 0) is 12.1 Å². The number of fused-ring (bicyclic) bond motifs is 1. The van der Waals surface area contributed by atoms with Crippen LogP contribution >= 0.6 is 11.6 Å². The standard InChI is InChI=1S/C9H8ClN3O2/c10-6-4-12-7-3-1-2-5(13(6)7)8(11)9(14)15/h1-4,8H,11H2,(H,14,15). The highest BCUT2D eigenvalue weighted by Crippen LogP contribution is 2.19. The number of aromatic nitrogens is 2. The maximum atomic E-state index is 10.8. The molecule has 0 saturated heterocycles. The topological polar surface area (TPSA) is 80.6 Å². The van der Waals surface area contributed by atoms with Crippen LogP contribution in [-0.2, 0) is 4.79 Å². The smallest absolute Gasteiger partial charge is 0.326 e. The van der Waals surface area contributed by atoms with Crippen molar-refractivity contribution in [3.05, 3.63) is 35.2 Å². The SMILES string of the molecule is NC(C(=O)O)c1cccc2ncc(Cl)n12. The highest BCUT2D eigenvalue weighted by Gasteiger charge is 2.18. The Hall–Kier alpha value is -1.59. The molecule has 2 rings (SSSR count).